The highest BCUT2D eigenvalue weighted by Crippen LogP contribution is 2.43. The van der Waals surface area contributed by atoms with Crippen molar-refractivity contribution in [1.82, 2.24) is 0 Å². The lowest BCUT2D eigenvalue weighted by molar-refractivity contribution is -0.870. The van der Waals surface area contributed by atoms with E-state index in [-0.39, 0.29) is 19.8 Å². The molecule has 0 saturated carbocycles. The average Bonchev–Trinajstić information content (AvgIpc) is 2.91. The number of phosphoric acid groups is 1. The van der Waals surface area contributed by atoms with E-state index in [1.54, 1.807) is 0 Å². The van der Waals surface area contributed by atoms with Gasteiger partial charge in [-0.25, -0.2) is 4.57 Å². The van der Waals surface area contributed by atoms with Gasteiger partial charge >= 0.3 is 7.82 Å². The zero-order valence-corrected chi connectivity index (χ0v) is 28.7. The molecule has 0 aliphatic carbocycles. The van der Waals surface area contributed by atoms with Crippen LogP contribution in [0.25, 0.3) is 0 Å². The van der Waals surface area contributed by atoms with Crippen LogP contribution in [0, 0.1) is 0 Å². The van der Waals surface area contributed by atoms with Gasteiger partial charge in [0.1, 0.15) is 19.3 Å². The van der Waals surface area contributed by atoms with Gasteiger partial charge in [-0.2, -0.15) is 0 Å². The lowest BCUT2D eigenvalue weighted by atomic mass is 10.0. The zero-order valence-electron chi connectivity index (χ0n) is 27.8. The number of hydrogen-bond donors (Lipinski definition) is 2. The molecule has 0 heterocycles. The first-order chi connectivity index (χ1) is 19.7. The summed E-state index contributed by atoms with van der Waals surface area (Å²) in [6.07, 6.45) is 30.6. The van der Waals surface area contributed by atoms with Crippen LogP contribution in [0.2, 0.25) is 0 Å². The van der Waals surface area contributed by atoms with E-state index < -0.39 is 13.9 Å². The van der Waals surface area contributed by atoms with Crippen molar-refractivity contribution >= 4 is 7.82 Å². The maximum absolute atomic E-state index is 11.8. The minimum atomic E-state index is -4.14. The normalized spacial score (nSPS) is 14.4. The van der Waals surface area contributed by atoms with Gasteiger partial charge in [0.2, 0.25) is 0 Å². The maximum atomic E-state index is 11.8. The van der Waals surface area contributed by atoms with Crippen LogP contribution >= 0.6 is 7.82 Å². The third-order valence-electron chi connectivity index (χ3n) is 7.65. The van der Waals surface area contributed by atoms with E-state index in [9.17, 15) is 14.6 Å². The summed E-state index contributed by atoms with van der Waals surface area (Å²) in [6.45, 7) is 3.39. The quantitative estimate of drug-likeness (QED) is 0.0439. The molecule has 248 valence electrons. The molecule has 0 spiro atoms. The molecule has 8 heteroatoms. The minimum absolute atomic E-state index is 0.0954. The summed E-state index contributed by atoms with van der Waals surface area (Å²) in [6, 6.07) is 0. The Hall–Kier alpha value is -0.0100. The predicted molar refractivity (Wildman–Crippen MR) is 173 cm³/mol. The Morgan fingerprint density at radius 1 is 0.561 bits per heavy atom. The summed E-state index contributed by atoms with van der Waals surface area (Å²) in [4.78, 5) is 9.68. The molecule has 7 nitrogen and oxygen atoms in total. The molecule has 2 unspecified atom stereocenters. The highest BCUT2D eigenvalue weighted by Gasteiger charge is 2.24. The first kappa shape index (κ1) is 41.0. The maximum Gasteiger partial charge on any atom is 0.472 e. The van der Waals surface area contributed by atoms with Crippen LogP contribution in [-0.4, -0.2) is 74.7 Å². The largest absolute Gasteiger partial charge is 0.472 e. The molecule has 0 aromatic heterocycles. The number of rotatable bonds is 33. The Balaban J connectivity index is 3.28. The number of phosphoric ester groups is 1. The van der Waals surface area contributed by atoms with Gasteiger partial charge in [-0.05, 0) is 6.42 Å². The third kappa shape index (κ3) is 34.4. The predicted octanol–water partition coefficient (Wildman–Crippen LogP) is 9.20. The molecular weight excluding hydrogens is 537 g/mol. The molecule has 2 N–H and O–H groups in total. The molecule has 0 aliphatic rings. The number of quaternary nitrogens is 1. The van der Waals surface area contributed by atoms with Gasteiger partial charge in [0.05, 0.1) is 34.4 Å². The van der Waals surface area contributed by atoms with E-state index in [0.29, 0.717) is 17.6 Å². The number of nitrogens with zero attached hydrogens (tertiary/aromatic N) is 1. The fourth-order valence-corrected chi connectivity index (χ4v) is 5.65. The van der Waals surface area contributed by atoms with Crippen LogP contribution in [0.4, 0.5) is 0 Å². The van der Waals surface area contributed by atoms with Gasteiger partial charge in [0.25, 0.3) is 0 Å². The molecule has 0 bridgehead atoms. The Bertz CT molecular complexity index is 587. The SMILES string of the molecule is CCCCCCCCCCCCCCCCCCCCCCCCCOCC(O)COP(=O)(O)OCC[N+](C)(C)C. The van der Waals surface area contributed by atoms with Gasteiger partial charge < -0.3 is 19.2 Å². The lowest BCUT2D eigenvalue weighted by Gasteiger charge is -2.24. The zero-order chi connectivity index (χ0) is 30.5. The van der Waals surface area contributed by atoms with E-state index in [4.69, 9.17) is 13.8 Å². The smallest absolute Gasteiger partial charge is 0.388 e. The summed E-state index contributed by atoms with van der Waals surface area (Å²) in [5, 5.41) is 9.91. The Morgan fingerprint density at radius 2 is 0.927 bits per heavy atom. The van der Waals surface area contributed by atoms with E-state index in [0.717, 1.165) is 12.8 Å². The number of likely N-dealkylation sites (N-methyl/N-ethyl adjacent to an activating group) is 1. The van der Waals surface area contributed by atoms with Crippen LogP contribution in [-0.2, 0) is 18.3 Å². The number of ether oxygens (including phenoxy) is 1. The van der Waals surface area contributed by atoms with Crippen molar-refractivity contribution in [3.8, 4) is 0 Å². The Morgan fingerprint density at radius 3 is 1.29 bits per heavy atom. The highest BCUT2D eigenvalue weighted by atomic mass is 31.2. The third-order valence-corrected chi connectivity index (χ3v) is 8.63. The van der Waals surface area contributed by atoms with Crippen LogP contribution in [0.15, 0.2) is 0 Å². The minimum Gasteiger partial charge on any atom is -0.388 e. The number of aliphatic hydroxyl groups excluding tert-OH is 1. The second kappa shape index (κ2) is 28.7. The highest BCUT2D eigenvalue weighted by molar-refractivity contribution is 7.47. The number of unbranched alkanes of at least 4 members (excludes halogenated alkanes) is 22. The second-order valence-electron chi connectivity index (χ2n) is 13.1. The molecule has 0 saturated heterocycles. The molecule has 0 aromatic rings. The first-order valence-corrected chi connectivity index (χ1v) is 18.8. The van der Waals surface area contributed by atoms with Crippen molar-refractivity contribution < 1.29 is 32.8 Å². The molecule has 2 atom stereocenters. The summed E-state index contributed by atoms with van der Waals surface area (Å²) < 4.78 is 27.8. The topological polar surface area (TPSA) is 85.2 Å². The van der Waals surface area contributed by atoms with Gasteiger partial charge in [-0.1, -0.05) is 148 Å². The Labute approximate surface area is 255 Å². The van der Waals surface area contributed by atoms with Gasteiger partial charge in [-0.3, -0.25) is 9.05 Å². The molecule has 0 radical (unpaired) electrons. The molecule has 0 amide bonds. The summed E-state index contributed by atoms with van der Waals surface area (Å²) in [5.74, 6) is 0. The van der Waals surface area contributed by atoms with Crippen molar-refractivity contribution in [2.45, 2.75) is 161 Å². The van der Waals surface area contributed by atoms with Crippen molar-refractivity contribution in [2.24, 2.45) is 0 Å². The van der Waals surface area contributed by atoms with Gasteiger partial charge in [0, 0.05) is 6.61 Å². The standard InChI is InChI=1S/C33H70NO6P/c1-5-6-7-8-9-10-11-12-13-14-15-16-17-18-19-20-21-22-23-24-25-26-27-29-38-31-33(35)32-40-41(36,37)39-30-28-34(2,3)4/h33,35H,5-32H2,1-4H3/p+1. The fraction of sp³-hybridized carbons (Fsp3) is 1.00. The van der Waals surface area contributed by atoms with Gasteiger partial charge in [-0.15, -0.1) is 0 Å². The summed E-state index contributed by atoms with van der Waals surface area (Å²) in [7, 11) is 1.76. The van der Waals surface area contributed by atoms with Crippen LogP contribution < -0.4 is 0 Å². The molecule has 0 fully saturated rings. The van der Waals surface area contributed by atoms with E-state index in [1.807, 2.05) is 21.1 Å². The van der Waals surface area contributed by atoms with Crippen molar-refractivity contribution in [2.75, 3.05) is 54.1 Å². The number of hydrogen-bond acceptors (Lipinski definition) is 5. The average molecular weight is 609 g/mol. The van der Waals surface area contributed by atoms with E-state index in [1.165, 1.54) is 135 Å². The number of aliphatic hydroxyl groups is 1. The van der Waals surface area contributed by atoms with Crippen LogP contribution in [0.5, 0.6) is 0 Å². The lowest BCUT2D eigenvalue weighted by Crippen LogP contribution is -2.37. The molecule has 0 rings (SSSR count). The van der Waals surface area contributed by atoms with Crippen molar-refractivity contribution in [3.63, 3.8) is 0 Å². The molecule has 41 heavy (non-hydrogen) atoms. The molecular formula is C33H71NO6P+. The fourth-order valence-electron chi connectivity index (χ4n) is 4.90. The van der Waals surface area contributed by atoms with Crippen molar-refractivity contribution in [3.05, 3.63) is 0 Å². The summed E-state index contributed by atoms with van der Waals surface area (Å²) >= 11 is 0. The first-order valence-electron chi connectivity index (χ1n) is 17.3. The second-order valence-corrected chi connectivity index (χ2v) is 14.6. The van der Waals surface area contributed by atoms with Crippen LogP contribution in [0.1, 0.15) is 155 Å². The van der Waals surface area contributed by atoms with Gasteiger partial charge in [0.15, 0.2) is 0 Å². The van der Waals surface area contributed by atoms with E-state index in [2.05, 4.69) is 6.92 Å². The Kier molecular flexibility index (Phi) is 28.7. The summed E-state index contributed by atoms with van der Waals surface area (Å²) in [5.41, 5.74) is 0. The molecule has 0 aliphatic heterocycles. The van der Waals surface area contributed by atoms with E-state index >= 15 is 0 Å². The van der Waals surface area contributed by atoms with Crippen LogP contribution in [0.3, 0.4) is 0 Å². The molecule has 0 aromatic carbocycles. The monoisotopic (exact) mass is 609 g/mol. The van der Waals surface area contributed by atoms with Crippen molar-refractivity contribution in [1.29, 1.82) is 0 Å².